The Kier molecular flexibility index (Phi) is 4.53. The van der Waals surface area contributed by atoms with Gasteiger partial charge in [-0.1, -0.05) is 0 Å². The van der Waals surface area contributed by atoms with Gasteiger partial charge < -0.3 is 24.4 Å². The zero-order valence-electron chi connectivity index (χ0n) is 14.8. The van der Waals surface area contributed by atoms with Gasteiger partial charge in [0.05, 0.1) is 13.0 Å². The van der Waals surface area contributed by atoms with Crippen LogP contribution in [0, 0.1) is 5.92 Å². The number of carbonyl (C=O) groups excluding carboxylic acids is 2. The highest BCUT2D eigenvalue weighted by Gasteiger charge is 2.36. The zero-order valence-corrected chi connectivity index (χ0v) is 14.8. The lowest BCUT2D eigenvalue weighted by Gasteiger charge is -2.22. The number of carbonyl (C=O) groups is 2. The van der Waals surface area contributed by atoms with Gasteiger partial charge in [0.1, 0.15) is 13.2 Å². The Bertz CT molecular complexity index is 885. The van der Waals surface area contributed by atoms with E-state index in [2.05, 4.69) is 10.3 Å². The molecule has 2 aliphatic heterocycles. The van der Waals surface area contributed by atoms with Crippen LogP contribution >= 0.6 is 0 Å². The normalized spacial score (nSPS) is 18.3. The van der Waals surface area contributed by atoms with Crippen LogP contribution in [0.15, 0.2) is 36.5 Å². The number of aromatic nitrogens is 1. The first kappa shape index (κ1) is 17.1. The van der Waals surface area contributed by atoms with Crippen LogP contribution in [0.4, 0.5) is 11.5 Å². The van der Waals surface area contributed by atoms with E-state index in [4.69, 9.17) is 14.2 Å². The minimum absolute atomic E-state index is 0.111. The number of benzene rings is 1. The fourth-order valence-electron chi connectivity index (χ4n) is 3.20. The number of nitrogens with zero attached hydrogens (tertiary/aromatic N) is 2. The molecule has 1 fully saturated rings. The lowest BCUT2D eigenvalue weighted by molar-refractivity contribution is -0.122. The van der Waals surface area contributed by atoms with Crippen LogP contribution in [-0.4, -0.2) is 43.7 Å². The average Bonchev–Trinajstić information content (AvgIpc) is 3.10. The largest absolute Gasteiger partial charge is 0.493 e. The Labute approximate surface area is 156 Å². The monoisotopic (exact) mass is 369 g/mol. The van der Waals surface area contributed by atoms with Crippen molar-refractivity contribution in [3.05, 3.63) is 36.5 Å². The van der Waals surface area contributed by atoms with Crippen molar-refractivity contribution in [1.29, 1.82) is 0 Å². The van der Waals surface area contributed by atoms with Gasteiger partial charge in [0, 0.05) is 30.9 Å². The molecule has 8 nitrogen and oxygen atoms in total. The second-order valence-electron chi connectivity index (χ2n) is 6.28. The van der Waals surface area contributed by atoms with Crippen LogP contribution < -0.4 is 24.4 Å². The molecule has 8 heteroatoms. The Morgan fingerprint density at radius 3 is 2.89 bits per heavy atom. The third-order valence-corrected chi connectivity index (χ3v) is 4.57. The van der Waals surface area contributed by atoms with Crippen LogP contribution in [0.3, 0.4) is 0 Å². The summed E-state index contributed by atoms with van der Waals surface area (Å²) in [7, 11) is 1.51. The number of fused-ring (bicyclic) bond motifs is 1. The number of ether oxygens (including phenoxy) is 3. The van der Waals surface area contributed by atoms with Gasteiger partial charge in [0.15, 0.2) is 23.1 Å². The Morgan fingerprint density at radius 1 is 1.26 bits per heavy atom. The summed E-state index contributed by atoms with van der Waals surface area (Å²) in [6.07, 6.45) is 1.70. The smallest absolute Gasteiger partial charge is 0.231 e. The summed E-state index contributed by atoms with van der Waals surface area (Å²) in [6, 6.07) is 8.78. The molecule has 140 valence electrons. The average molecular weight is 369 g/mol. The fraction of sp³-hybridized carbons (Fsp3) is 0.316. The maximum Gasteiger partial charge on any atom is 0.231 e. The molecule has 0 spiro atoms. The van der Waals surface area contributed by atoms with Crippen LogP contribution in [0.1, 0.15) is 6.42 Å². The van der Waals surface area contributed by atoms with E-state index in [0.717, 1.165) is 0 Å². The Morgan fingerprint density at radius 2 is 2.07 bits per heavy atom. The predicted molar refractivity (Wildman–Crippen MR) is 97.3 cm³/mol. The molecule has 2 aromatic rings. The molecule has 0 bridgehead atoms. The zero-order chi connectivity index (χ0) is 18.8. The van der Waals surface area contributed by atoms with Gasteiger partial charge in [0.2, 0.25) is 11.8 Å². The summed E-state index contributed by atoms with van der Waals surface area (Å²) >= 11 is 0. The lowest BCUT2D eigenvalue weighted by Crippen LogP contribution is -2.28. The van der Waals surface area contributed by atoms with E-state index in [1.807, 2.05) is 0 Å². The van der Waals surface area contributed by atoms with E-state index in [-0.39, 0.29) is 18.2 Å². The van der Waals surface area contributed by atoms with Gasteiger partial charge in [-0.25, -0.2) is 4.98 Å². The second-order valence-corrected chi connectivity index (χ2v) is 6.28. The Balaban J connectivity index is 1.48. The van der Waals surface area contributed by atoms with Crippen LogP contribution in [0.25, 0.3) is 0 Å². The first-order chi connectivity index (χ1) is 13.2. The number of pyridine rings is 1. The lowest BCUT2D eigenvalue weighted by atomic mass is 10.1. The highest BCUT2D eigenvalue weighted by Crippen LogP contribution is 2.36. The molecular formula is C19H19N3O5. The molecule has 4 rings (SSSR count). The Hall–Kier alpha value is -3.29. The molecule has 27 heavy (non-hydrogen) atoms. The van der Waals surface area contributed by atoms with Gasteiger partial charge in [-0.3, -0.25) is 9.59 Å². The molecule has 1 aromatic carbocycles. The quantitative estimate of drug-likeness (QED) is 0.885. The minimum atomic E-state index is -0.475. The molecule has 3 heterocycles. The van der Waals surface area contributed by atoms with Crippen molar-refractivity contribution < 1.29 is 23.8 Å². The van der Waals surface area contributed by atoms with Crippen molar-refractivity contribution in [3.8, 4) is 17.2 Å². The van der Waals surface area contributed by atoms with Gasteiger partial charge in [-0.05, 0) is 24.3 Å². The second kappa shape index (κ2) is 7.14. The van der Waals surface area contributed by atoms with E-state index in [0.29, 0.717) is 48.5 Å². The van der Waals surface area contributed by atoms with E-state index >= 15 is 0 Å². The number of rotatable bonds is 4. The molecule has 2 aliphatic rings. The number of methoxy groups -OCH3 is 1. The molecule has 2 amide bonds. The molecule has 0 aliphatic carbocycles. The first-order valence-corrected chi connectivity index (χ1v) is 8.65. The number of amides is 2. The van der Waals surface area contributed by atoms with Crippen molar-refractivity contribution in [2.24, 2.45) is 5.92 Å². The molecule has 1 atom stereocenters. The van der Waals surface area contributed by atoms with E-state index in [9.17, 15) is 9.59 Å². The van der Waals surface area contributed by atoms with E-state index in [1.165, 1.54) is 7.11 Å². The molecule has 0 saturated carbocycles. The summed E-state index contributed by atoms with van der Waals surface area (Å²) in [6.45, 7) is 1.27. The van der Waals surface area contributed by atoms with Gasteiger partial charge in [-0.15, -0.1) is 0 Å². The number of nitrogens with one attached hydrogen (secondary N) is 1. The standard InChI is InChI=1S/C19H19N3O5/c1-25-15-3-2-6-20-18(15)21-19(24)12-9-17(23)22(11-12)13-4-5-14-16(10-13)27-8-7-26-14/h2-6,10,12H,7-9,11H2,1H3,(H,20,21,24). The van der Waals surface area contributed by atoms with Crippen LogP contribution in [0.2, 0.25) is 0 Å². The summed E-state index contributed by atoms with van der Waals surface area (Å²) in [5.74, 6) is 1.23. The predicted octanol–water partition coefficient (Wildman–Crippen LogP) is 1.85. The molecule has 1 aromatic heterocycles. The van der Waals surface area contributed by atoms with Gasteiger partial charge >= 0.3 is 0 Å². The molecule has 1 N–H and O–H groups in total. The summed E-state index contributed by atoms with van der Waals surface area (Å²) in [5, 5.41) is 2.75. The number of hydrogen-bond donors (Lipinski definition) is 1. The summed E-state index contributed by atoms with van der Waals surface area (Å²) < 4.78 is 16.3. The summed E-state index contributed by atoms with van der Waals surface area (Å²) in [4.78, 5) is 30.8. The van der Waals surface area contributed by atoms with E-state index in [1.54, 1.807) is 41.4 Å². The van der Waals surface area contributed by atoms with Crippen LogP contribution in [-0.2, 0) is 9.59 Å². The van der Waals surface area contributed by atoms with Crippen molar-refractivity contribution in [1.82, 2.24) is 4.98 Å². The third-order valence-electron chi connectivity index (χ3n) is 4.57. The SMILES string of the molecule is COc1cccnc1NC(=O)C1CC(=O)N(c2ccc3c(c2)OCCO3)C1. The summed E-state index contributed by atoms with van der Waals surface area (Å²) in [5.41, 5.74) is 0.690. The first-order valence-electron chi connectivity index (χ1n) is 8.65. The maximum atomic E-state index is 12.6. The van der Waals surface area contributed by atoms with Gasteiger partial charge in [0.25, 0.3) is 0 Å². The topological polar surface area (TPSA) is 90.0 Å². The molecule has 1 saturated heterocycles. The van der Waals surface area contributed by atoms with E-state index < -0.39 is 5.92 Å². The molecule has 1 unspecified atom stereocenters. The maximum absolute atomic E-state index is 12.6. The van der Waals surface area contributed by atoms with Crippen molar-refractivity contribution in [2.45, 2.75) is 6.42 Å². The van der Waals surface area contributed by atoms with Gasteiger partial charge in [-0.2, -0.15) is 0 Å². The molecule has 0 radical (unpaired) electrons. The van der Waals surface area contributed by atoms with Crippen molar-refractivity contribution in [3.63, 3.8) is 0 Å². The number of hydrogen-bond acceptors (Lipinski definition) is 6. The highest BCUT2D eigenvalue weighted by atomic mass is 16.6. The fourth-order valence-corrected chi connectivity index (χ4v) is 3.20. The number of anilines is 2. The van der Waals surface area contributed by atoms with Crippen molar-refractivity contribution in [2.75, 3.05) is 37.1 Å². The van der Waals surface area contributed by atoms with Crippen molar-refractivity contribution >= 4 is 23.3 Å². The third kappa shape index (κ3) is 3.38. The minimum Gasteiger partial charge on any atom is -0.493 e. The molecular weight excluding hydrogens is 350 g/mol. The highest BCUT2D eigenvalue weighted by molar-refractivity contribution is 6.03. The van der Waals surface area contributed by atoms with Crippen LogP contribution in [0.5, 0.6) is 17.2 Å².